The molecule has 12 heavy (non-hydrogen) atoms. The Labute approximate surface area is 75.6 Å². The van der Waals surface area contributed by atoms with Crippen molar-refractivity contribution in [1.82, 2.24) is 10.2 Å². The standard InChI is InChI=1S/C10H20N2/c1-3-10(6-7-11-2)12-8-4-5-9-12/h4-5,10-11H,3,6-9H2,1-2H3. The summed E-state index contributed by atoms with van der Waals surface area (Å²) in [6.07, 6.45) is 7.07. The maximum atomic E-state index is 3.21. The van der Waals surface area contributed by atoms with E-state index in [9.17, 15) is 0 Å². The van der Waals surface area contributed by atoms with Gasteiger partial charge in [-0.25, -0.2) is 0 Å². The third kappa shape index (κ3) is 2.61. The van der Waals surface area contributed by atoms with Gasteiger partial charge in [-0.05, 0) is 26.4 Å². The van der Waals surface area contributed by atoms with Gasteiger partial charge in [0.05, 0.1) is 0 Å². The van der Waals surface area contributed by atoms with Crippen LogP contribution in [-0.4, -0.2) is 37.6 Å². The summed E-state index contributed by atoms with van der Waals surface area (Å²) in [4.78, 5) is 2.54. The molecule has 1 heterocycles. The molecule has 1 rings (SSSR count). The van der Waals surface area contributed by atoms with E-state index in [1.807, 2.05) is 7.05 Å². The molecule has 1 N–H and O–H groups in total. The molecule has 0 saturated carbocycles. The molecule has 1 aliphatic rings. The van der Waals surface area contributed by atoms with Crippen LogP contribution in [0.25, 0.3) is 0 Å². The molecule has 70 valence electrons. The number of hydrogen-bond donors (Lipinski definition) is 1. The first-order valence-electron chi connectivity index (χ1n) is 4.92. The van der Waals surface area contributed by atoms with Gasteiger partial charge in [-0.3, -0.25) is 4.90 Å². The number of rotatable bonds is 5. The Bertz CT molecular complexity index is 135. The van der Waals surface area contributed by atoms with E-state index in [0.29, 0.717) is 0 Å². The fraction of sp³-hybridized carbons (Fsp3) is 0.800. The van der Waals surface area contributed by atoms with Crippen LogP contribution in [0.4, 0.5) is 0 Å². The van der Waals surface area contributed by atoms with Gasteiger partial charge in [0.1, 0.15) is 0 Å². The zero-order chi connectivity index (χ0) is 8.81. The smallest absolute Gasteiger partial charge is 0.0169 e. The highest BCUT2D eigenvalue weighted by atomic mass is 15.2. The minimum Gasteiger partial charge on any atom is -0.320 e. The predicted molar refractivity (Wildman–Crippen MR) is 53.3 cm³/mol. The molecule has 2 nitrogen and oxygen atoms in total. The monoisotopic (exact) mass is 168 g/mol. The lowest BCUT2D eigenvalue weighted by Crippen LogP contribution is -2.34. The lowest BCUT2D eigenvalue weighted by Gasteiger charge is -2.26. The molecule has 0 radical (unpaired) electrons. The van der Waals surface area contributed by atoms with Crippen molar-refractivity contribution in [3.05, 3.63) is 12.2 Å². The van der Waals surface area contributed by atoms with Crippen molar-refractivity contribution in [2.45, 2.75) is 25.8 Å². The summed E-state index contributed by atoms with van der Waals surface area (Å²) in [7, 11) is 2.02. The van der Waals surface area contributed by atoms with Gasteiger partial charge in [-0.1, -0.05) is 19.1 Å². The fourth-order valence-corrected chi connectivity index (χ4v) is 1.75. The highest BCUT2D eigenvalue weighted by molar-refractivity contribution is 4.97. The third-order valence-corrected chi connectivity index (χ3v) is 2.56. The summed E-state index contributed by atoms with van der Waals surface area (Å²) < 4.78 is 0. The maximum absolute atomic E-state index is 3.21. The summed E-state index contributed by atoms with van der Waals surface area (Å²) in [5.41, 5.74) is 0. The summed E-state index contributed by atoms with van der Waals surface area (Å²) in [6, 6.07) is 0.771. The Morgan fingerprint density at radius 3 is 2.58 bits per heavy atom. The van der Waals surface area contributed by atoms with Crippen molar-refractivity contribution in [2.75, 3.05) is 26.7 Å². The molecule has 2 heteroatoms. The second-order valence-electron chi connectivity index (χ2n) is 3.38. The quantitative estimate of drug-likeness (QED) is 0.621. The molecular weight excluding hydrogens is 148 g/mol. The van der Waals surface area contributed by atoms with Gasteiger partial charge in [-0.2, -0.15) is 0 Å². The van der Waals surface area contributed by atoms with Crippen LogP contribution >= 0.6 is 0 Å². The molecular formula is C10H20N2. The van der Waals surface area contributed by atoms with Gasteiger partial charge in [0.25, 0.3) is 0 Å². The van der Waals surface area contributed by atoms with E-state index in [-0.39, 0.29) is 0 Å². The fourth-order valence-electron chi connectivity index (χ4n) is 1.75. The van der Waals surface area contributed by atoms with Crippen LogP contribution in [0.3, 0.4) is 0 Å². The van der Waals surface area contributed by atoms with Gasteiger partial charge in [-0.15, -0.1) is 0 Å². The first kappa shape index (κ1) is 9.75. The minimum absolute atomic E-state index is 0.771. The SMILES string of the molecule is CCC(CCNC)N1CC=CC1. The van der Waals surface area contributed by atoms with Crippen molar-refractivity contribution in [2.24, 2.45) is 0 Å². The molecule has 0 amide bonds. The molecule has 0 aliphatic carbocycles. The minimum atomic E-state index is 0.771. The van der Waals surface area contributed by atoms with Crippen LogP contribution in [0, 0.1) is 0 Å². The Morgan fingerprint density at radius 1 is 1.42 bits per heavy atom. The Morgan fingerprint density at radius 2 is 2.08 bits per heavy atom. The normalized spacial score (nSPS) is 20.2. The van der Waals surface area contributed by atoms with E-state index in [0.717, 1.165) is 25.7 Å². The Hall–Kier alpha value is -0.340. The van der Waals surface area contributed by atoms with E-state index >= 15 is 0 Å². The second-order valence-corrected chi connectivity index (χ2v) is 3.38. The van der Waals surface area contributed by atoms with E-state index in [1.165, 1.54) is 12.8 Å². The van der Waals surface area contributed by atoms with Crippen LogP contribution in [0.1, 0.15) is 19.8 Å². The predicted octanol–water partition coefficient (Wildman–Crippen LogP) is 1.25. The average molecular weight is 168 g/mol. The highest BCUT2D eigenvalue weighted by Crippen LogP contribution is 2.11. The van der Waals surface area contributed by atoms with Crippen molar-refractivity contribution in [1.29, 1.82) is 0 Å². The number of nitrogens with zero attached hydrogens (tertiary/aromatic N) is 1. The van der Waals surface area contributed by atoms with Gasteiger partial charge in [0.15, 0.2) is 0 Å². The Balaban J connectivity index is 2.24. The zero-order valence-electron chi connectivity index (χ0n) is 8.21. The van der Waals surface area contributed by atoms with Crippen LogP contribution in [0.2, 0.25) is 0 Å². The average Bonchev–Trinajstić information content (AvgIpc) is 2.59. The topological polar surface area (TPSA) is 15.3 Å². The summed E-state index contributed by atoms with van der Waals surface area (Å²) in [5, 5.41) is 3.21. The van der Waals surface area contributed by atoms with Crippen LogP contribution in [-0.2, 0) is 0 Å². The molecule has 1 aliphatic heterocycles. The molecule has 0 aromatic rings. The molecule has 1 unspecified atom stereocenters. The zero-order valence-corrected chi connectivity index (χ0v) is 8.21. The van der Waals surface area contributed by atoms with Gasteiger partial charge < -0.3 is 5.32 Å². The van der Waals surface area contributed by atoms with Crippen molar-refractivity contribution < 1.29 is 0 Å². The van der Waals surface area contributed by atoms with E-state index < -0.39 is 0 Å². The largest absolute Gasteiger partial charge is 0.320 e. The molecule has 0 fully saturated rings. The molecule has 0 aromatic heterocycles. The lowest BCUT2D eigenvalue weighted by atomic mass is 10.1. The first-order valence-corrected chi connectivity index (χ1v) is 4.92. The highest BCUT2D eigenvalue weighted by Gasteiger charge is 2.15. The third-order valence-electron chi connectivity index (χ3n) is 2.56. The van der Waals surface area contributed by atoms with Gasteiger partial charge >= 0.3 is 0 Å². The van der Waals surface area contributed by atoms with Crippen molar-refractivity contribution in [3.63, 3.8) is 0 Å². The number of nitrogens with one attached hydrogen (secondary N) is 1. The van der Waals surface area contributed by atoms with E-state index in [1.54, 1.807) is 0 Å². The second kappa shape index (κ2) is 5.33. The van der Waals surface area contributed by atoms with Crippen LogP contribution in [0.15, 0.2) is 12.2 Å². The van der Waals surface area contributed by atoms with Crippen LogP contribution in [0.5, 0.6) is 0 Å². The molecule has 0 spiro atoms. The summed E-state index contributed by atoms with van der Waals surface area (Å²) >= 11 is 0. The van der Waals surface area contributed by atoms with Crippen molar-refractivity contribution in [3.8, 4) is 0 Å². The summed E-state index contributed by atoms with van der Waals surface area (Å²) in [5.74, 6) is 0. The van der Waals surface area contributed by atoms with E-state index in [2.05, 4.69) is 29.3 Å². The molecule has 0 aromatic carbocycles. The number of hydrogen-bond acceptors (Lipinski definition) is 2. The molecule has 0 bridgehead atoms. The maximum Gasteiger partial charge on any atom is 0.0169 e. The Kier molecular flexibility index (Phi) is 4.33. The first-order chi connectivity index (χ1) is 5.88. The van der Waals surface area contributed by atoms with Gasteiger partial charge in [0, 0.05) is 19.1 Å². The molecule has 0 saturated heterocycles. The lowest BCUT2D eigenvalue weighted by molar-refractivity contribution is 0.233. The van der Waals surface area contributed by atoms with E-state index in [4.69, 9.17) is 0 Å². The van der Waals surface area contributed by atoms with Crippen LogP contribution < -0.4 is 5.32 Å². The van der Waals surface area contributed by atoms with Crippen molar-refractivity contribution >= 4 is 0 Å². The summed E-state index contributed by atoms with van der Waals surface area (Å²) in [6.45, 7) is 5.72. The van der Waals surface area contributed by atoms with Gasteiger partial charge in [0.2, 0.25) is 0 Å². The molecule has 1 atom stereocenters.